The van der Waals surface area contributed by atoms with Gasteiger partial charge in [0.15, 0.2) is 11.4 Å². The quantitative estimate of drug-likeness (QED) is 0.399. The predicted octanol–water partition coefficient (Wildman–Crippen LogP) is 0.0483. The maximum Gasteiger partial charge on any atom is 0.344 e. The molecule has 0 N–H and O–H groups in total. The molecule has 0 radical (unpaired) electrons. The van der Waals surface area contributed by atoms with E-state index in [1.54, 1.807) is 0 Å². The summed E-state index contributed by atoms with van der Waals surface area (Å²) < 4.78 is 37.6. The summed E-state index contributed by atoms with van der Waals surface area (Å²) in [6, 6.07) is 1.88. The van der Waals surface area contributed by atoms with Crippen LogP contribution < -0.4 is 0 Å². The highest BCUT2D eigenvalue weighted by Gasteiger charge is 2.74. The first-order chi connectivity index (χ1) is 10.7. The van der Waals surface area contributed by atoms with Crippen LogP contribution in [0.2, 0.25) is 0 Å². The van der Waals surface area contributed by atoms with E-state index in [1.807, 2.05) is 6.07 Å². The number of hydrogen-bond donors (Lipinski definition) is 0. The molecule has 0 aromatic heterocycles. The van der Waals surface area contributed by atoms with E-state index in [0.717, 1.165) is 0 Å². The van der Waals surface area contributed by atoms with Crippen LogP contribution in [0.1, 0.15) is 19.8 Å². The van der Waals surface area contributed by atoms with Gasteiger partial charge in [0.25, 0.3) is 10.1 Å². The second-order valence-corrected chi connectivity index (χ2v) is 7.96. The van der Waals surface area contributed by atoms with Crippen LogP contribution in [0.15, 0.2) is 12.2 Å². The summed E-state index contributed by atoms with van der Waals surface area (Å²) in [6.07, 6.45) is -1.02. The zero-order valence-corrected chi connectivity index (χ0v) is 13.2. The van der Waals surface area contributed by atoms with Crippen molar-refractivity contribution in [2.75, 3.05) is 6.61 Å². The van der Waals surface area contributed by atoms with Crippen LogP contribution in [0.25, 0.3) is 0 Å². The van der Waals surface area contributed by atoms with Crippen molar-refractivity contribution >= 4 is 22.1 Å². The minimum atomic E-state index is -4.00. The number of nitriles is 1. The molecule has 0 aromatic rings. The lowest BCUT2D eigenvalue weighted by Gasteiger charge is -2.27. The van der Waals surface area contributed by atoms with Crippen LogP contribution in [0.5, 0.6) is 0 Å². The molecule has 2 bridgehead atoms. The van der Waals surface area contributed by atoms with E-state index in [9.17, 15) is 23.3 Å². The Labute approximate surface area is 133 Å². The van der Waals surface area contributed by atoms with Gasteiger partial charge in [0, 0.05) is 17.4 Å². The SMILES string of the molecule is C=C(C)C(=O)OCC(=O)OC1C2CC3C1OS(=O)(=O)C3(C#N)C2. The summed E-state index contributed by atoms with van der Waals surface area (Å²) in [6.45, 7) is 4.25. The number of esters is 2. The fraction of sp³-hybridized carbons (Fsp3) is 0.643. The molecule has 1 saturated heterocycles. The van der Waals surface area contributed by atoms with Crippen LogP contribution in [-0.2, 0) is 33.4 Å². The second kappa shape index (κ2) is 5.04. The van der Waals surface area contributed by atoms with Crippen LogP contribution in [0.4, 0.5) is 0 Å². The molecule has 23 heavy (non-hydrogen) atoms. The number of nitrogens with zero attached hydrogens (tertiary/aromatic N) is 1. The molecule has 9 heteroatoms. The van der Waals surface area contributed by atoms with Gasteiger partial charge in [-0.2, -0.15) is 13.7 Å². The summed E-state index contributed by atoms with van der Waals surface area (Å²) in [7, 11) is -4.00. The number of carbonyl (C=O) groups is 2. The third-order valence-corrected chi connectivity index (χ3v) is 6.64. The van der Waals surface area contributed by atoms with Crippen LogP contribution in [-0.4, -0.2) is 43.9 Å². The van der Waals surface area contributed by atoms with E-state index in [-0.39, 0.29) is 17.9 Å². The Balaban J connectivity index is 1.67. The number of ether oxygens (including phenoxy) is 2. The summed E-state index contributed by atoms with van der Waals surface area (Å²) >= 11 is 0. The third kappa shape index (κ3) is 2.16. The van der Waals surface area contributed by atoms with E-state index in [1.165, 1.54) is 6.92 Å². The molecule has 3 fully saturated rings. The van der Waals surface area contributed by atoms with E-state index in [2.05, 4.69) is 6.58 Å². The highest BCUT2D eigenvalue weighted by Crippen LogP contribution is 2.61. The summed E-state index contributed by atoms with van der Waals surface area (Å²) in [5.41, 5.74) is 0.154. The van der Waals surface area contributed by atoms with Crippen LogP contribution in [0, 0.1) is 23.2 Å². The van der Waals surface area contributed by atoms with Gasteiger partial charge in [-0.25, -0.2) is 9.59 Å². The molecule has 1 aliphatic heterocycles. The van der Waals surface area contributed by atoms with Gasteiger partial charge >= 0.3 is 11.9 Å². The molecule has 3 aliphatic rings. The molecule has 124 valence electrons. The summed E-state index contributed by atoms with van der Waals surface area (Å²) in [5.74, 6) is -2.23. The Hall–Kier alpha value is -1.92. The van der Waals surface area contributed by atoms with Gasteiger partial charge in [-0.3, -0.25) is 4.18 Å². The highest BCUT2D eigenvalue weighted by molar-refractivity contribution is 7.88. The molecule has 0 spiro atoms. The van der Waals surface area contributed by atoms with E-state index < -0.39 is 51.5 Å². The van der Waals surface area contributed by atoms with Gasteiger partial charge < -0.3 is 9.47 Å². The fourth-order valence-electron chi connectivity index (χ4n) is 3.71. The van der Waals surface area contributed by atoms with Crippen molar-refractivity contribution in [2.24, 2.45) is 11.8 Å². The first-order valence-corrected chi connectivity index (χ1v) is 8.49. The molecule has 8 nitrogen and oxygen atoms in total. The zero-order chi connectivity index (χ0) is 17.0. The molecule has 3 rings (SSSR count). The van der Waals surface area contributed by atoms with E-state index >= 15 is 0 Å². The zero-order valence-electron chi connectivity index (χ0n) is 12.4. The van der Waals surface area contributed by atoms with Crippen molar-refractivity contribution < 1.29 is 31.7 Å². The Bertz CT molecular complexity index is 737. The third-order valence-electron chi connectivity index (χ3n) is 4.72. The Morgan fingerprint density at radius 3 is 2.78 bits per heavy atom. The first kappa shape index (κ1) is 16.0. The molecule has 0 aromatic carbocycles. The lowest BCUT2D eigenvalue weighted by molar-refractivity contribution is -0.165. The van der Waals surface area contributed by atoms with Gasteiger partial charge in [0.05, 0.1) is 6.07 Å². The van der Waals surface area contributed by atoms with E-state index in [0.29, 0.717) is 6.42 Å². The smallest absolute Gasteiger partial charge is 0.344 e. The highest BCUT2D eigenvalue weighted by atomic mass is 32.2. The van der Waals surface area contributed by atoms with Crippen molar-refractivity contribution in [1.82, 2.24) is 0 Å². The Kier molecular flexibility index (Phi) is 3.50. The van der Waals surface area contributed by atoms with Gasteiger partial charge in [-0.15, -0.1) is 0 Å². The largest absolute Gasteiger partial charge is 0.457 e. The van der Waals surface area contributed by atoms with Crippen LogP contribution >= 0.6 is 0 Å². The Morgan fingerprint density at radius 2 is 2.17 bits per heavy atom. The van der Waals surface area contributed by atoms with Crippen LogP contribution in [0.3, 0.4) is 0 Å². The molecule has 5 unspecified atom stereocenters. The van der Waals surface area contributed by atoms with Crippen molar-refractivity contribution in [3.05, 3.63) is 12.2 Å². The average Bonchev–Trinajstić information content (AvgIpc) is 3.05. The molecular formula is C14H15NO7S. The maximum atomic E-state index is 12.1. The normalized spacial score (nSPS) is 38.8. The summed E-state index contributed by atoms with van der Waals surface area (Å²) in [5, 5.41) is 9.28. The molecule has 1 heterocycles. The van der Waals surface area contributed by atoms with Gasteiger partial charge in [-0.05, 0) is 19.8 Å². The predicted molar refractivity (Wildman–Crippen MR) is 74.0 cm³/mol. The maximum absolute atomic E-state index is 12.1. The summed E-state index contributed by atoms with van der Waals surface area (Å²) in [4.78, 5) is 23.0. The molecule has 2 aliphatic carbocycles. The van der Waals surface area contributed by atoms with Crippen molar-refractivity contribution in [1.29, 1.82) is 5.26 Å². The monoisotopic (exact) mass is 341 g/mol. The molecule has 2 saturated carbocycles. The first-order valence-electron chi connectivity index (χ1n) is 7.08. The lowest BCUT2D eigenvalue weighted by Crippen LogP contribution is -2.44. The van der Waals surface area contributed by atoms with E-state index in [4.69, 9.17) is 13.7 Å². The average molecular weight is 341 g/mol. The number of rotatable bonds is 4. The lowest BCUT2D eigenvalue weighted by atomic mass is 9.85. The number of fused-ring (bicyclic) bond motifs is 1. The standard InChI is InChI=1S/C14H15NO7S/c1-7(2)13(17)20-5-10(16)21-11-8-3-9-12(11)22-23(18,19)14(9,4-8)6-15/h8-9,11-12H,1,3-5H2,2H3. The second-order valence-electron chi connectivity index (χ2n) is 6.13. The number of hydrogen-bond acceptors (Lipinski definition) is 8. The Morgan fingerprint density at radius 1 is 1.48 bits per heavy atom. The molecule has 0 amide bonds. The molecular weight excluding hydrogens is 326 g/mol. The minimum Gasteiger partial charge on any atom is -0.457 e. The van der Waals surface area contributed by atoms with Crippen molar-refractivity contribution in [3.63, 3.8) is 0 Å². The topological polar surface area (TPSA) is 120 Å². The number of carbonyl (C=O) groups excluding carboxylic acids is 2. The minimum absolute atomic E-state index is 0.0938. The van der Waals surface area contributed by atoms with Crippen molar-refractivity contribution in [3.8, 4) is 6.07 Å². The molecule has 5 atom stereocenters. The fourth-order valence-corrected chi connectivity index (χ4v) is 5.55. The van der Waals surface area contributed by atoms with Gasteiger partial charge in [0.2, 0.25) is 0 Å². The van der Waals surface area contributed by atoms with Gasteiger partial charge in [0.1, 0.15) is 12.2 Å². The van der Waals surface area contributed by atoms with Gasteiger partial charge in [-0.1, -0.05) is 6.58 Å². The van der Waals surface area contributed by atoms with Crippen molar-refractivity contribution in [2.45, 2.75) is 36.7 Å².